The van der Waals surface area contributed by atoms with E-state index in [1.54, 1.807) is 0 Å². The van der Waals surface area contributed by atoms with Crippen LogP contribution >= 0.6 is 11.6 Å². The molecule has 1 atom stereocenters. The Morgan fingerprint density at radius 2 is 2.00 bits per heavy atom. The van der Waals surface area contributed by atoms with Gasteiger partial charge >= 0.3 is 0 Å². The summed E-state index contributed by atoms with van der Waals surface area (Å²) >= 11 is 6.19. The van der Waals surface area contributed by atoms with Gasteiger partial charge in [-0.15, -0.1) is 0 Å². The predicted molar refractivity (Wildman–Crippen MR) is 89.0 cm³/mol. The Morgan fingerprint density at radius 1 is 1.24 bits per heavy atom. The van der Waals surface area contributed by atoms with Gasteiger partial charge in [0.1, 0.15) is 0 Å². The summed E-state index contributed by atoms with van der Waals surface area (Å²) in [5, 5.41) is 8.82. The first-order valence-electron chi connectivity index (χ1n) is 7.57. The first kappa shape index (κ1) is 16.1. The fourth-order valence-electron chi connectivity index (χ4n) is 2.69. The third-order valence-corrected chi connectivity index (χ3v) is 4.02. The molecule has 1 unspecified atom stereocenters. The van der Waals surface area contributed by atoms with Gasteiger partial charge in [-0.25, -0.2) is 0 Å². The zero-order valence-electron chi connectivity index (χ0n) is 13.3. The number of benzene rings is 1. The molecule has 0 radical (unpaired) electrons. The molecule has 4 heteroatoms. The molecule has 0 aliphatic rings. The van der Waals surface area contributed by atoms with Gasteiger partial charge in [0.15, 0.2) is 0 Å². The van der Waals surface area contributed by atoms with E-state index >= 15 is 0 Å². The average Bonchev–Trinajstić information content (AvgIpc) is 2.85. The van der Waals surface area contributed by atoms with Crippen LogP contribution in [0, 0.1) is 6.92 Å². The molecule has 21 heavy (non-hydrogen) atoms. The second-order valence-corrected chi connectivity index (χ2v) is 5.84. The number of aromatic nitrogens is 2. The molecule has 0 aliphatic heterocycles. The van der Waals surface area contributed by atoms with E-state index in [4.69, 9.17) is 11.6 Å². The van der Waals surface area contributed by atoms with Crippen LogP contribution in [0.15, 0.2) is 24.3 Å². The van der Waals surface area contributed by atoms with Crippen molar-refractivity contribution < 1.29 is 0 Å². The Kier molecular flexibility index (Phi) is 5.43. The molecular weight excluding hydrogens is 282 g/mol. The molecule has 114 valence electrons. The smallest absolute Gasteiger partial charge is 0.0624 e. The maximum atomic E-state index is 6.19. The minimum Gasteiger partial charge on any atom is -0.313 e. The van der Waals surface area contributed by atoms with Crippen LogP contribution in [0.3, 0.4) is 0 Å². The molecule has 3 nitrogen and oxygen atoms in total. The maximum absolute atomic E-state index is 6.19. The van der Waals surface area contributed by atoms with Crippen LogP contribution < -0.4 is 5.32 Å². The molecule has 1 N–H and O–H groups in total. The number of rotatable bonds is 6. The van der Waals surface area contributed by atoms with Crippen molar-refractivity contribution >= 4 is 11.6 Å². The number of nitrogens with one attached hydrogen (secondary N) is 1. The lowest BCUT2D eigenvalue weighted by Crippen LogP contribution is -2.20. The highest BCUT2D eigenvalue weighted by Crippen LogP contribution is 2.23. The highest BCUT2D eigenvalue weighted by atomic mass is 35.5. The molecule has 0 saturated carbocycles. The van der Waals surface area contributed by atoms with Crippen LogP contribution in [0.4, 0.5) is 0 Å². The number of likely N-dealkylation sites (N-methyl/N-ethyl adjacent to an activating group) is 1. The average molecular weight is 306 g/mol. The lowest BCUT2D eigenvalue weighted by Gasteiger charge is -2.18. The van der Waals surface area contributed by atoms with E-state index in [0.29, 0.717) is 0 Å². The SMILES string of the molecule is CCc1cc(CC(NC)c2cc(C)cc(Cl)c2)n(CC)n1. The second kappa shape index (κ2) is 7.10. The van der Waals surface area contributed by atoms with Gasteiger partial charge in [0.25, 0.3) is 0 Å². The zero-order valence-corrected chi connectivity index (χ0v) is 14.0. The molecule has 2 aromatic rings. The van der Waals surface area contributed by atoms with Crippen molar-refractivity contribution in [2.75, 3.05) is 7.05 Å². The van der Waals surface area contributed by atoms with Gasteiger partial charge in [-0.1, -0.05) is 24.6 Å². The molecule has 0 spiro atoms. The Bertz CT molecular complexity index is 584. The summed E-state index contributed by atoms with van der Waals surface area (Å²) in [6, 6.07) is 8.69. The zero-order chi connectivity index (χ0) is 15.4. The highest BCUT2D eigenvalue weighted by molar-refractivity contribution is 6.30. The molecule has 2 rings (SSSR count). The lowest BCUT2D eigenvalue weighted by molar-refractivity contribution is 0.540. The molecule has 1 heterocycles. The molecule has 0 bridgehead atoms. The summed E-state index contributed by atoms with van der Waals surface area (Å²) in [5.74, 6) is 0. The number of hydrogen-bond acceptors (Lipinski definition) is 2. The first-order chi connectivity index (χ1) is 10.1. The fraction of sp³-hybridized carbons (Fsp3) is 0.471. The van der Waals surface area contributed by atoms with Crippen LogP contribution in [0.5, 0.6) is 0 Å². The summed E-state index contributed by atoms with van der Waals surface area (Å²) in [6.07, 6.45) is 1.89. The van der Waals surface area contributed by atoms with Crippen molar-refractivity contribution in [2.45, 2.75) is 46.2 Å². The van der Waals surface area contributed by atoms with E-state index in [0.717, 1.165) is 30.1 Å². The number of halogens is 1. The summed E-state index contributed by atoms with van der Waals surface area (Å²) in [5.41, 5.74) is 4.84. The minimum absolute atomic E-state index is 0.245. The fourth-order valence-corrected chi connectivity index (χ4v) is 2.99. The van der Waals surface area contributed by atoms with Crippen LogP contribution in [0.25, 0.3) is 0 Å². The third-order valence-electron chi connectivity index (χ3n) is 3.80. The van der Waals surface area contributed by atoms with Gasteiger partial charge in [0.2, 0.25) is 0 Å². The Balaban J connectivity index is 2.28. The molecular formula is C17H24ClN3. The Morgan fingerprint density at radius 3 is 2.57 bits per heavy atom. The maximum Gasteiger partial charge on any atom is 0.0624 e. The summed E-state index contributed by atoms with van der Waals surface area (Å²) in [7, 11) is 1.99. The third kappa shape index (κ3) is 3.86. The van der Waals surface area contributed by atoms with E-state index in [1.807, 2.05) is 19.2 Å². The molecule has 0 aliphatic carbocycles. The summed E-state index contributed by atoms with van der Waals surface area (Å²) in [4.78, 5) is 0. The van der Waals surface area contributed by atoms with Gasteiger partial charge in [-0.05, 0) is 56.6 Å². The van der Waals surface area contributed by atoms with E-state index in [-0.39, 0.29) is 6.04 Å². The molecule has 1 aromatic heterocycles. The number of nitrogens with zero attached hydrogens (tertiary/aromatic N) is 2. The van der Waals surface area contributed by atoms with Gasteiger partial charge in [0, 0.05) is 29.7 Å². The quantitative estimate of drug-likeness (QED) is 0.876. The van der Waals surface area contributed by atoms with Crippen molar-refractivity contribution in [2.24, 2.45) is 0 Å². The predicted octanol–water partition coefficient (Wildman–Crippen LogP) is 3.93. The minimum atomic E-state index is 0.245. The van der Waals surface area contributed by atoms with Gasteiger partial charge in [0.05, 0.1) is 5.69 Å². The van der Waals surface area contributed by atoms with Crippen LogP contribution in [-0.4, -0.2) is 16.8 Å². The van der Waals surface area contributed by atoms with E-state index < -0.39 is 0 Å². The van der Waals surface area contributed by atoms with Gasteiger partial charge in [-0.2, -0.15) is 5.10 Å². The van der Waals surface area contributed by atoms with Gasteiger partial charge < -0.3 is 5.32 Å². The van der Waals surface area contributed by atoms with Crippen molar-refractivity contribution in [3.8, 4) is 0 Å². The topological polar surface area (TPSA) is 29.9 Å². The van der Waals surface area contributed by atoms with Crippen molar-refractivity contribution in [1.82, 2.24) is 15.1 Å². The monoisotopic (exact) mass is 305 g/mol. The standard InChI is InChI=1S/C17H24ClN3/c1-5-15-10-16(21(6-2)20-15)11-17(19-4)13-7-12(3)8-14(18)9-13/h7-10,17,19H,5-6,11H2,1-4H3. The van der Waals surface area contributed by atoms with Crippen molar-refractivity contribution in [3.05, 3.63) is 51.8 Å². The highest BCUT2D eigenvalue weighted by Gasteiger charge is 2.15. The summed E-state index contributed by atoms with van der Waals surface area (Å²) < 4.78 is 2.10. The van der Waals surface area contributed by atoms with Crippen LogP contribution in [0.1, 0.15) is 42.4 Å². The Labute approximate surface area is 132 Å². The molecule has 0 fully saturated rings. The van der Waals surface area contributed by atoms with Crippen molar-refractivity contribution in [3.63, 3.8) is 0 Å². The molecule has 0 amide bonds. The first-order valence-corrected chi connectivity index (χ1v) is 7.95. The van der Waals surface area contributed by atoms with Gasteiger partial charge in [-0.3, -0.25) is 4.68 Å². The second-order valence-electron chi connectivity index (χ2n) is 5.40. The molecule has 0 saturated heterocycles. The number of aryl methyl sites for hydroxylation is 3. The Hall–Kier alpha value is -1.32. The largest absolute Gasteiger partial charge is 0.313 e. The van der Waals surface area contributed by atoms with E-state index in [1.165, 1.54) is 16.8 Å². The van der Waals surface area contributed by atoms with Crippen LogP contribution in [0.2, 0.25) is 5.02 Å². The normalized spacial score (nSPS) is 12.6. The van der Waals surface area contributed by atoms with Crippen molar-refractivity contribution in [1.29, 1.82) is 0 Å². The van der Waals surface area contributed by atoms with Crippen LogP contribution in [-0.2, 0) is 19.4 Å². The molecule has 1 aromatic carbocycles. The summed E-state index contributed by atoms with van der Waals surface area (Å²) in [6.45, 7) is 7.25. The number of hydrogen-bond donors (Lipinski definition) is 1. The van der Waals surface area contributed by atoms with E-state index in [9.17, 15) is 0 Å². The lowest BCUT2D eigenvalue weighted by atomic mass is 10.00. The van der Waals surface area contributed by atoms with E-state index in [2.05, 4.69) is 48.0 Å².